The number of ketones is 1. The fourth-order valence-electron chi connectivity index (χ4n) is 5.27. The molecule has 0 fully saturated rings. The minimum atomic E-state index is -0.782. The molecule has 1 aliphatic heterocycles. The number of hydrogen-bond acceptors (Lipinski definition) is 8. The first kappa shape index (κ1) is 26.9. The fraction of sp³-hybridized carbons (Fsp3) is 0.379. The van der Waals surface area contributed by atoms with Crippen molar-refractivity contribution >= 4 is 17.4 Å². The average Bonchev–Trinajstić information content (AvgIpc) is 2.86. The monoisotopic (exact) mass is 520 g/mol. The molecule has 2 aromatic rings. The Hall–Kier alpha value is -4.14. The van der Waals surface area contributed by atoms with Crippen molar-refractivity contribution in [3.63, 3.8) is 0 Å². The number of ether oxygens (including phenoxy) is 3. The fourth-order valence-corrected chi connectivity index (χ4v) is 5.27. The lowest BCUT2D eigenvalue weighted by Gasteiger charge is -2.37. The lowest BCUT2D eigenvalue weighted by atomic mass is 9.71. The van der Waals surface area contributed by atoms with Crippen molar-refractivity contribution in [3.05, 3.63) is 85.7 Å². The first-order chi connectivity index (χ1) is 18.0. The summed E-state index contributed by atoms with van der Waals surface area (Å²) in [6, 6.07) is 10.5. The number of Topliss-reactive ketones (excluding diaryl/α,β-unsaturated/α-hetero) is 1. The average molecular weight is 521 g/mol. The second kappa shape index (κ2) is 10.7. The minimum absolute atomic E-state index is 0.0659. The van der Waals surface area contributed by atoms with E-state index in [2.05, 4.69) is 5.32 Å². The van der Waals surface area contributed by atoms with Crippen LogP contribution in [0.4, 0.5) is 5.69 Å². The summed E-state index contributed by atoms with van der Waals surface area (Å²) in [6.45, 7) is 6.92. The summed E-state index contributed by atoms with van der Waals surface area (Å²) in [4.78, 5) is 38.3. The van der Waals surface area contributed by atoms with Gasteiger partial charge in [0.15, 0.2) is 17.3 Å². The van der Waals surface area contributed by atoms with Gasteiger partial charge in [-0.3, -0.25) is 14.9 Å². The minimum Gasteiger partial charge on any atom is -0.493 e. The quantitative estimate of drug-likeness (QED) is 0.300. The predicted molar refractivity (Wildman–Crippen MR) is 141 cm³/mol. The molecule has 1 N–H and O–H groups in total. The van der Waals surface area contributed by atoms with E-state index in [1.807, 2.05) is 18.2 Å². The first-order valence-corrected chi connectivity index (χ1v) is 12.5. The molecule has 0 saturated heterocycles. The van der Waals surface area contributed by atoms with E-state index in [0.29, 0.717) is 46.0 Å². The van der Waals surface area contributed by atoms with E-state index in [9.17, 15) is 19.7 Å². The maximum absolute atomic E-state index is 13.8. The van der Waals surface area contributed by atoms with Crippen molar-refractivity contribution in [2.75, 3.05) is 14.2 Å². The molecular formula is C29H32N2O7. The third-order valence-corrected chi connectivity index (χ3v) is 7.03. The maximum Gasteiger partial charge on any atom is 0.337 e. The molecule has 9 heteroatoms. The standard InChI is InChI=1S/C29H32N2O7/c1-15(2)38-29(33)26-17(4)30-21-11-20(18-9-10-24(36-5)25(14-18)37-6)13-23(32)28(21)27(26)19-8-7-16(3)22(12-19)31(34)35/h7-10,12,14-15,20,27,30H,11,13H2,1-6H3/t20-,27+/m0/s1. The van der Waals surface area contributed by atoms with E-state index >= 15 is 0 Å². The number of aryl methyl sites for hydroxylation is 1. The van der Waals surface area contributed by atoms with Crippen molar-refractivity contribution in [1.29, 1.82) is 0 Å². The van der Waals surface area contributed by atoms with Crippen molar-refractivity contribution < 1.29 is 28.7 Å². The van der Waals surface area contributed by atoms with E-state index in [0.717, 1.165) is 5.56 Å². The van der Waals surface area contributed by atoms with Crippen LogP contribution in [0.5, 0.6) is 11.5 Å². The first-order valence-electron chi connectivity index (χ1n) is 12.5. The van der Waals surface area contributed by atoms with Crippen LogP contribution in [-0.2, 0) is 14.3 Å². The van der Waals surface area contributed by atoms with Gasteiger partial charge in [-0.05, 0) is 63.3 Å². The Labute approximate surface area is 221 Å². The van der Waals surface area contributed by atoms with E-state index in [-0.39, 0.29) is 35.5 Å². The molecule has 0 radical (unpaired) electrons. The molecule has 1 heterocycles. The number of carbonyl (C=O) groups is 2. The van der Waals surface area contributed by atoms with Crippen LogP contribution >= 0.6 is 0 Å². The summed E-state index contributed by atoms with van der Waals surface area (Å²) in [5.74, 6) is -0.418. The van der Waals surface area contributed by atoms with Crippen LogP contribution in [0, 0.1) is 17.0 Å². The van der Waals surface area contributed by atoms with Gasteiger partial charge in [0.2, 0.25) is 0 Å². The lowest BCUT2D eigenvalue weighted by Crippen LogP contribution is -2.36. The van der Waals surface area contributed by atoms with E-state index in [4.69, 9.17) is 14.2 Å². The Balaban J connectivity index is 1.82. The summed E-state index contributed by atoms with van der Waals surface area (Å²) in [5, 5.41) is 15.0. The highest BCUT2D eigenvalue weighted by Gasteiger charge is 2.42. The Morgan fingerprint density at radius 1 is 1.03 bits per heavy atom. The smallest absolute Gasteiger partial charge is 0.337 e. The zero-order valence-electron chi connectivity index (χ0n) is 22.4. The Morgan fingerprint density at radius 2 is 1.71 bits per heavy atom. The van der Waals surface area contributed by atoms with Crippen LogP contribution in [-0.4, -0.2) is 37.0 Å². The van der Waals surface area contributed by atoms with Crippen molar-refractivity contribution in [1.82, 2.24) is 5.32 Å². The molecule has 2 aliphatic rings. The SMILES string of the molecule is COc1ccc([C@@H]2CC(=O)C3=C(C2)NC(C)=C(C(=O)OC(C)C)[C@H]3c2ccc(C)c([N+](=O)[O-])c2)cc1OC. The molecule has 0 unspecified atom stereocenters. The number of benzene rings is 2. The molecule has 1 aliphatic carbocycles. The number of dihydropyridines is 1. The largest absolute Gasteiger partial charge is 0.493 e. The van der Waals surface area contributed by atoms with Crippen LogP contribution in [0.1, 0.15) is 62.1 Å². The molecule has 0 spiro atoms. The number of nitrogens with one attached hydrogen (secondary N) is 1. The van der Waals surface area contributed by atoms with Crippen LogP contribution < -0.4 is 14.8 Å². The van der Waals surface area contributed by atoms with Gasteiger partial charge in [-0.2, -0.15) is 0 Å². The Bertz CT molecular complexity index is 1370. The van der Waals surface area contributed by atoms with Gasteiger partial charge in [0.25, 0.3) is 5.69 Å². The number of methoxy groups -OCH3 is 2. The van der Waals surface area contributed by atoms with Gasteiger partial charge in [0.1, 0.15) is 0 Å². The van der Waals surface area contributed by atoms with Gasteiger partial charge in [0, 0.05) is 40.9 Å². The number of nitrogens with zero attached hydrogens (tertiary/aromatic N) is 1. The molecular weight excluding hydrogens is 488 g/mol. The number of nitro benzene ring substituents is 1. The van der Waals surface area contributed by atoms with Gasteiger partial charge >= 0.3 is 5.97 Å². The highest BCUT2D eigenvalue weighted by Crippen LogP contribution is 2.47. The van der Waals surface area contributed by atoms with Gasteiger partial charge < -0.3 is 19.5 Å². The molecule has 200 valence electrons. The van der Waals surface area contributed by atoms with Gasteiger partial charge in [-0.25, -0.2) is 4.79 Å². The molecule has 0 amide bonds. The normalized spacial score (nSPS) is 19.2. The van der Waals surface area contributed by atoms with Crippen LogP contribution in [0.15, 0.2) is 58.9 Å². The number of allylic oxidation sites excluding steroid dienone is 3. The van der Waals surface area contributed by atoms with Gasteiger partial charge in [-0.15, -0.1) is 0 Å². The molecule has 2 atom stereocenters. The number of carbonyl (C=O) groups excluding carboxylic acids is 2. The van der Waals surface area contributed by atoms with Crippen LogP contribution in [0.3, 0.4) is 0 Å². The number of nitro groups is 1. The highest BCUT2D eigenvalue weighted by molar-refractivity contribution is 6.04. The summed E-state index contributed by atoms with van der Waals surface area (Å²) < 4.78 is 16.3. The van der Waals surface area contributed by atoms with Gasteiger partial charge in [-0.1, -0.05) is 18.2 Å². The van der Waals surface area contributed by atoms with E-state index < -0.39 is 16.8 Å². The zero-order valence-corrected chi connectivity index (χ0v) is 22.4. The predicted octanol–water partition coefficient (Wildman–Crippen LogP) is 5.23. The maximum atomic E-state index is 13.8. The lowest BCUT2D eigenvalue weighted by molar-refractivity contribution is -0.385. The van der Waals surface area contributed by atoms with Crippen LogP contribution in [0.25, 0.3) is 0 Å². The molecule has 0 aromatic heterocycles. The molecule has 4 rings (SSSR count). The van der Waals surface area contributed by atoms with Crippen molar-refractivity contribution in [2.45, 2.75) is 58.5 Å². The number of hydrogen-bond donors (Lipinski definition) is 1. The molecule has 2 aromatic carbocycles. The number of esters is 1. The third-order valence-electron chi connectivity index (χ3n) is 7.03. The summed E-state index contributed by atoms with van der Waals surface area (Å²) in [7, 11) is 3.13. The van der Waals surface area contributed by atoms with Crippen molar-refractivity contribution in [2.24, 2.45) is 0 Å². The van der Waals surface area contributed by atoms with Crippen LogP contribution in [0.2, 0.25) is 0 Å². The second-order valence-corrected chi connectivity index (χ2v) is 9.89. The Kier molecular flexibility index (Phi) is 7.57. The van der Waals surface area contributed by atoms with E-state index in [1.54, 1.807) is 54.0 Å². The summed E-state index contributed by atoms with van der Waals surface area (Å²) in [5.41, 5.74) is 3.86. The molecule has 9 nitrogen and oxygen atoms in total. The topological polar surface area (TPSA) is 117 Å². The van der Waals surface area contributed by atoms with E-state index in [1.165, 1.54) is 6.07 Å². The molecule has 0 bridgehead atoms. The second-order valence-electron chi connectivity index (χ2n) is 9.89. The Morgan fingerprint density at radius 3 is 2.34 bits per heavy atom. The third kappa shape index (κ3) is 5.01. The number of rotatable bonds is 7. The summed E-state index contributed by atoms with van der Waals surface area (Å²) in [6.07, 6.45) is 0.360. The zero-order chi connectivity index (χ0) is 27.7. The molecule has 0 saturated carbocycles. The summed E-state index contributed by atoms with van der Waals surface area (Å²) >= 11 is 0. The molecule has 38 heavy (non-hydrogen) atoms. The highest BCUT2D eigenvalue weighted by atomic mass is 16.6. The van der Waals surface area contributed by atoms with Gasteiger partial charge in [0.05, 0.1) is 30.8 Å². The van der Waals surface area contributed by atoms with Crippen molar-refractivity contribution in [3.8, 4) is 11.5 Å².